The van der Waals surface area contributed by atoms with Crippen LogP contribution in [-0.4, -0.2) is 16.4 Å². The van der Waals surface area contributed by atoms with Gasteiger partial charge < -0.3 is 5.21 Å². The van der Waals surface area contributed by atoms with Crippen molar-refractivity contribution in [3.63, 3.8) is 0 Å². The van der Waals surface area contributed by atoms with Gasteiger partial charge in [0.1, 0.15) is 0 Å². The summed E-state index contributed by atoms with van der Waals surface area (Å²) in [6.07, 6.45) is 3.08. The molecule has 1 N–H and O–H groups in total. The van der Waals surface area contributed by atoms with Crippen molar-refractivity contribution < 1.29 is 5.21 Å². The molecule has 0 fully saturated rings. The van der Waals surface area contributed by atoms with Crippen molar-refractivity contribution >= 4 is 33.0 Å². The zero-order chi connectivity index (χ0) is 9.97. The first-order chi connectivity index (χ1) is 6.83. The first-order valence-corrected chi connectivity index (χ1v) is 4.83. The minimum absolute atomic E-state index is 0.846. The fourth-order valence-electron chi connectivity index (χ4n) is 1.34. The largest absolute Gasteiger partial charge is 0.411 e. The van der Waals surface area contributed by atoms with Crippen molar-refractivity contribution in [1.29, 1.82) is 0 Å². The number of pyridine rings is 1. The Bertz CT molecular complexity index is 496. The molecule has 0 amide bonds. The number of benzene rings is 1. The number of hydrogen-bond donors (Lipinski definition) is 1. The number of fused-ring (bicyclic) bond motifs is 1. The Morgan fingerprint density at radius 2 is 2.21 bits per heavy atom. The van der Waals surface area contributed by atoms with Crippen LogP contribution < -0.4 is 0 Å². The number of oxime groups is 1. The van der Waals surface area contributed by atoms with Crippen molar-refractivity contribution in [1.82, 2.24) is 4.98 Å². The Labute approximate surface area is 89.2 Å². The van der Waals surface area contributed by atoms with Gasteiger partial charge in [-0.1, -0.05) is 17.3 Å². The van der Waals surface area contributed by atoms with Crippen LogP contribution in [0, 0.1) is 0 Å². The highest BCUT2D eigenvalue weighted by molar-refractivity contribution is 9.10. The lowest BCUT2D eigenvalue weighted by molar-refractivity contribution is 0.322. The van der Waals surface area contributed by atoms with Gasteiger partial charge in [-0.2, -0.15) is 0 Å². The lowest BCUT2D eigenvalue weighted by atomic mass is 10.1. The molecule has 1 aromatic heterocycles. The van der Waals surface area contributed by atoms with Crippen LogP contribution in [0.4, 0.5) is 0 Å². The molecular formula is C10H7BrN2O. The fourth-order valence-corrected chi connectivity index (χ4v) is 1.80. The van der Waals surface area contributed by atoms with Crippen molar-refractivity contribution in [2.24, 2.45) is 5.16 Å². The van der Waals surface area contributed by atoms with Crippen LogP contribution in [0.3, 0.4) is 0 Å². The first-order valence-electron chi connectivity index (χ1n) is 4.03. The fraction of sp³-hybridized carbons (Fsp3) is 0. The molecule has 2 aromatic rings. The zero-order valence-electron chi connectivity index (χ0n) is 7.18. The molecule has 0 aliphatic carbocycles. The lowest BCUT2D eigenvalue weighted by Crippen LogP contribution is -1.87. The SMILES string of the molecule is O/N=C/c1ccnc2c(Br)cccc12. The lowest BCUT2D eigenvalue weighted by Gasteiger charge is -2.01. The summed E-state index contributed by atoms with van der Waals surface area (Å²) >= 11 is 3.41. The van der Waals surface area contributed by atoms with E-state index in [-0.39, 0.29) is 0 Å². The third kappa shape index (κ3) is 1.48. The second-order valence-corrected chi connectivity index (χ2v) is 3.64. The maximum Gasteiger partial charge on any atom is 0.0850 e. The van der Waals surface area contributed by atoms with E-state index in [9.17, 15) is 0 Å². The predicted molar refractivity (Wildman–Crippen MR) is 58.8 cm³/mol. The summed E-state index contributed by atoms with van der Waals surface area (Å²) in [5.41, 5.74) is 1.71. The monoisotopic (exact) mass is 250 g/mol. The Hall–Kier alpha value is -1.42. The van der Waals surface area contributed by atoms with E-state index in [2.05, 4.69) is 26.1 Å². The summed E-state index contributed by atoms with van der Waals surface area (Å²) in [4.78, 5) is 4.23. The Balaban J connectivity index is 2.81. The summed E-state index contributed by atoms with van der Waals surface area (Å²) in [7, 11) is 0. The van der Waals surface area contributed by atoms with Gasteiger partial charge in [0.2, 0.25) is 0 Å². The molecular weight excluding hydrogens is 244 g/mol. The van der Waals surface area contributed by atoms with Crippen molar-refractivity contribution in [3.8, 4) is 0 Å². The molecule has 0 saturated heterocycles. The van der Waals surface area contributed by atoms with E-state index >= 15 is 0 Å². The summed E-state index contributed by atoms with van der Waals surface area (Å²) in [5, 5.41) is 12.5. The molecule has 1 heterocycles. The highest BCUT2D eigenvalue weighted by atomic mass is 79.9. The molecule has 0 radical (unpaired) electrons. The predicted octanol–water partition coefficient (Wildman–Crippen LogP) is 2.81. The topological polar surface area (TPSA) is 45.5 Å². The number of para-hydroxylation sites is 1. The van der Waals surface area contributed by atoms with Crippen LogP contribution in [0.2, 0.25) is 0 Å². The van der Waals surface area contributed by atoms with Gasteiger partial charge in [-0.25, -0.2) is 0 Å². The standard InChI is InChI=1S/C10H7BrN2O/c11-9-3-1-2-8-7(6-13-14)4-5-12-10(8)9/h1-6,14H/b13-6+. The molecule has 0 spiro atoms. The second kappa shape index (κ2) is 3.75. The Morgan fingerprint density at radius 1 is 1.36 bits per heavy atom. The van der Waals surface area contributed by atoms with Crippen molar-refractivity contribution in [2.75, 3.05) is 0 Å². The van der Waals surface area contributed by atoms with E-state index in [0.29, 0.717) is 0 Å². The smallest absolute Gasteiger partial charge is 0.0850 e. The van der Waals surface area contributed by atoms with E-state index < -0.39 is 0 Å². The minimum atomic E-state index is 0.846. The summed E-state index contributed by atoms with van der Waals surface area (Å²) in [6, 6.07) is 7.58. The maximum atomic E-state index is 8.49. The highest BCUT2D eigenvalue weighted by Gasteiger charge is 2.02. The second-order valence-electron chi connectivity index (χ2n) is 2.78. The molecule has 0 saturated carbocycles. The summed E-state index contributed by atoms with van der Waals surface area (Å²) in [6.45, 7) is 0. The highest BCUT2D eigenvalue weighted by Crippen LogP contribution is 2.23. The number of hydrogen-bond acceptors (Lipinski definition) is 3. The van der Waals surface area contributed by atoms with Crippen LogP contribution in [0.5, 0.6) is 0 Å². The van der Waals surface area contributed by atoms with Crippen molar-refractivity contribution in [3.05, 3.63) is 40.5 Å². The van der Waals surface area contributed by atoms with Gasteiger partial charge in [-0.15, -0.1) is 0 Å². The molecule has 0 atom stereocenters. The van der Waals surface area contributed by atoms with Gasteiger partial charge in [0.15, 0.2) is 0 Å². The molecule has 1 aromatic carbocycles. The van der Waals surface area contributed by atoms with Gasteiger partial charge in [0.05, 0.1) is 11.7 Å². The van der Waals surface area contributed by atoms with Gasteiger partial charge in [0, 0.05) is 21.6 Å². The van der Waals surface area contributed by atoms with E-state index in [1.54, 1.807) is 12.3 Å². The molecule has 70 valence electrons. The minimum Gasteiger partial charge on any atom is -0.411 e. The quantitative estimate of drug-likeness (QED) is 0.481. The van der Waals surface area contributed by atoms with Crippen LogP contribution >= 0.6 is 15.9 Å². The molecule has 3 nitrogen and oxygen atoms in total. The van der Waals surface area contributed by atoms with Crippen LogP contribution in [-0.2, 0) is 0 Å². The average Bonchev–Trinajstić information content (AvgIpc) is 2.20. The molecule has 0 aliphatic heterocycles. The molecule has 0 aliphatic rings. The molecule has 2 rings (SSSR count). The number of rotatable bonds is 1. The summed E-state index contributed by atoms with van der Waals surface area (Å²) in [5.74, 6) is 0. The number of aromatic nitrogens is 1. The van der Waals surface area contributed by atoms with Gasteiger partial charge >= 0.3 is 0 Å². The van der Waals surface area contributed by atoms with Crippen LogP contribution in [0.15, 0.2) is 40.1 Å². The summed E-state index contributed by atoms with van der Waals surface area (Å²) < 4.78 is 0.934. The average molecular weight is 251 g/mol. The van der Waals surface area contributed by atoms with Gasteiger partial charge in [-0.05, 0) is 28.1 Å². The maximum absolute atomic E-state index is 8.49. The van der Waals surface area contributed by atoms with E-state index in [1.165, 1.54) is 6.21 Å². The van der Waals surface area contributed by atoms with Crippen LogP contribution in [0.1, 0.15) is 5.56 Å². The number of nitrogens with zero attached hydrogens (tertiary/aromatic N) is 2. The van der Waals surface area contributed by atoms with E-state index in [1.807, 2.05) is 18.2 Å². The van der Waals surface area contributed by atoms with Crippen LogP contribution in [0.25, 0.3) is 10.9 Å². The molecule has 4 heteroatoms. The van der Waals surface area contributed by atoms with E-state index in [0.717, 1.165) is 20.9 Å². The molecule has 0 unspecified atom stereocenters. The van der Waals surface area contributed by atoms with Gasteiger partial charge in [-0.3, -0.25) is 4.98 Å². The van der Waals surface area contributed by atoms with Gasteiger partial charge in [0.25, 0.3) is 0 Å². The normalized spacial score (nSPS) is 11.2. The zero-order valence-corrected chi connectivity index (χ0v) is 8.77. The van der Waals surface area contributed by atoms with Crippen molar-refractivity contribution in [2.45, 2.75) is 0 Å². The Kier molecular flexibility index (Phi) is 2.45. The van der Waals surface area contributed by atoms with E-state index in [4.69, 9.17) is 5.21 Å². The third-order valence-corrected chi connectivity index (χ3v) is 2.59. The first kappa shape index (κ1) is 9.15. The number of halogens is 1. The third-order valence-electron chi connectivity index (χ3n) is 1.95. The Morgan fingerprint density at radius 3 is 3.00 bits per heavy atom. The molecule has 14 heavy (non-hydrogen) atoms. The molecule has 0 bridgehead atoms.